The van der Waals surface area contributed by atoms with Gasteiger partial charge >= 0.3 is 6.03 Å². The molecule has 15 heteroatoms. The van der Waals surface area contributed by atoms with E-state index in [0.29, 0.717) is 19.6 Å². The quantitative estimate of drug-likeness (QED) is 0.201. The first-order chi connectivity index (χ1) is 22.3. The maximum absolute atomic E-state index is 14.0. The molecule has 0 aliphatic carbocycles. The third-order valence-corrected chi connectivity index (χ3v) is 10.4. The Bertz CT molecular complexity index is 1610. The molecule has 3 aromatic rings. The van der Waals surface area contributed by atoms with Crippen LogP contribution in [0, 0.1) is 23.7 Å². The average Bonchev–Trinajstić information content (AvgIpc) is 3.74. The van der Waals surface area contributed by atoms with Crippen molar-refractivity contribution in [3.63, 3.8) is 0 Å². The molecule has 3 heterocycles. The summed E-state index contributed by atoms with van der Waals surface area (Å²) >= 11 is 1.51. The third kappa shape index (κ3) is 9.24. The van der Waals surface area contributed by atoms with Crippen LogP contribution in [0.3, 0.4) is 0 Å². The summed E-state index contributed by atoms with van der Waals surface area (Å²) in [4.78, 5) is 45.9. The molecule has 1 aromatic carbocycles. The van der Waals surface area contributed by atoms with Gasteiger partial charge in [0.2, 0.25) is 11.0 Å². The van der Waals surface area contributed by atoms with Gasteiger partial charge in [0.1, 0.15) is 18.3 Å². The summed E-state index contributed by atoms with van der Waals surface area (Å²) in [5.41, 5.74) is 1.63. The lowest BCUT2D eigenvalue weighted by Crippen LogP contribution is -2.57. The zero-order valence-corrected chi connectivity index (χ0v) is 29.0. The summed E-state index contributed by atoms with van der Waals surface area (Å²) in [5.74, 6) is -0.682. The number of furan rings is 1. The van der Waals surface area contributed by atoms with Gasteiger partial charge in [0, 0.05) is 31.6 Å². The Morgan fingerprint density at radius 3 is 2.47 bits per heavy atom. The predicted octanol–water partition coefficient (Wildman–Crippen LogP) is 4.01. The van der Waals surface area contributed by atoms with Gasteiger partial charge in [-0.2, -0.15) is 9.21 Å². The van der Waals surface area contributed by atoms with E-state index in [0.717, 1.165) is 20.6 Å². The topological polar surface area (TPSA) is 166 Å². The molecule has 3 amide bonds. The minimum atomic E-state index is -4.22. The van der Waals surface area contributed by atoms with E-state index in [4.69, 9.17) is 4.42 Å². The van der Waals surface area contributed by atoms with Crippen molar-refractivity contribution in [2.24, 2.45) is 17.0 Å². The Hall–Kier alpha value is -3.66. The highest BCUT2D eigenvalue weighted by atomic mass is 32.2. The van der Waals surface area contributed by atoms with E-state index in [9.17, 15) is 28.0 Å². The Balaban J connectivity index is 1.56. The van der Waals surface area contributed by atoms with Crippen LogP contribution in [-0.4, -0.2) is 88.9 Å². The van der Waals surface area contributed by atoms with Crippen LogP contribution in [-0.2, 0) is 34.3 Å². The Morgan fingerprint density at radius 2 is 1.85 bits per heavy atom. The fourth-order valence-corrected chi connectivity index (χ4v) is 7.85. The molecule has 1 fully saturated rings. The molecule has 1 aliphatic rings. The van der Waals surface area contributed by atoms with Gasteiger partial charge < -0.3 is 24.6 Å². The highest BCUT2D eigenvalue weighted by molar-refractivity contribution is 7.89. The molecule has 4 rings (SSSR count). The number of carbonyl (C=O) groups is 2. The van der Waals surface area contributed by atoms with Gasteiger partial charge in [-0.05, 0) is 42.9 Å². The Labute approximate surface area is 280 Å². The van der Waals surface area contributed by atoms with Crippen molar-refractivity contribution in [3.8, 4) is 0 Å². The molecule has 1 saturated heterocycles. The number of aliphatic hydroxyl groups is 1. The van der Waals surface area contributed by atoms with Crippen LogP contribution < -0.4 is 5.32 Å². The minimum Gasteiger partial charge on any atom is -0.446 e. The van der Waals surface area contributed by atoms with Gasteiger partial charge in [-0.25, -0.2) is 18.2 Å². The molecule has 0 bridgehead atoms. The van der Waals surface area contributed by atoms with Crippen molar-refractivity contribution in [1.82, 2.24) is 24.4 Å². The van der Waals surface area contributed by atoms with E-state index in [-0.39, 0.29) is 54.8 Å². The van der Waals surface area contributed by atoms with Crippen LogP contribution in [0.15, 0.2) is 62.5 Å². The van der Waals surface area contributed by atoms with Gasteiger partial charge in [0.25, 0.3) is 10.0 Å². The number of carbonyl (C=O) groups excluding carboxylic acids is 2. The van der Waals surface area contributed by atoms with Gasteiger partial charge in [-0.3, -0.25) is 4.79 Å². The SMILES string of the molecule is Cc1nc(CN2CCN([C@H](C(=O)N[C@@H](Cc3ccccc3)[C@H](O)CN(CC(C)C)S(=O)(=O)c3ccc(CN=O)o3)C(C)C)C2=O)cs1. The van der Waals surface area contributed by atoms with E-state index in [1.807, 2.05) is 70.3 Å². The Kier molecular flexibility index (Phi) is 12.3. The molecule has 2 N–H and O–H groups in total. The second kappa shape index (κ2) is 16.0. The summed E-state index contributed by atoms with van der Waals surface area (Å²) in [6.07, 6.45) is -1.11. The summed E-state index contributed by atoms with van der Waals surface area (Å²) in [6.45, 7) is 9.90. The molecule has 256 valence electrons. The number of nitrogens with one attached hydrogen (secondary N) is 1. The molecule has 2 aromatic heterocycles. The van der Waals surface area contributed by atoms with Crippen molar-refractivity contribution >= 4 is 33.3 Å². The van der Waals surface area contributed by atoms with Gasteiger partial charge in [0.15, 0.2) is 0 Å². The molecule has 47 heavy (non-hydrogen) atoms. The van der Waals surface area contributed by atoms with E-state index < -0.39 is 34.1 Å². The number of sulfonamides is 1. The summed E-state index contributed by atoms with van der Waals surface area (Å²) in [6, 6.07) is 9.93. The van der Waals surface area contributed by atoms with Crippen LogP contribution in [0.5, 0.6) is 0 Å². The van der Waals surface area contributed by atoms with E-state index >= 15 is 0 Å². The number of hydrogen-bond acceptors (Lipinski definition) is 10. The van der Waals surface area contributed by atoms with E-state index in [1.165, 1.54) is 23.5 Å². The number of benzene rings is 1. The normalized spacial score (nSPS) is 15.9. The lowest BCUT2D eigenvalue weighted by Gasteiger charge is -2.34. The predicted molar refractivity (Wildman–Crippen MR) is 178 cm³/mol. The van der Waals surface area contributed by atoms with Crippen molar-refractivity contribution < 1.29 is 27.5 Å². The van der Waals surface area contributed by atoms with Crippen LogP contribution in [0.25, 0.3) is 0 Å². The zero-order chi connectivity index (χ0) is 34.3. The van der Waals surface area contributed by atoms with Crippen LogP contribution >= 0.6 is 11.3 Å². The average molecular weight is 689 g/mol. The molecule has 0 radical (unpaired) electrons. The first kappa shape index (κ1) is 36.2. The molecule has 0 saturated carbocycles. The van der Waals surface area contributed by atoms with Crippen LogP contribution in [0.2, 0.25) is 0 Å². The molecular weight excluding hydrogens is 645 g/mol. The molecule has 3 atom stereocenters. The van der Waals surface area contributed by atoms with Crippen molar-refractivity contribution in [2.45, 2.75) is 77.4 Å². The van der Waals surface area contributed by atoms with E-state index in [1.54, 1.807) is 9.80 Å². The van der Waals surface area contributed by atoms with Crippen LogP contribution in [0.1, 0.15) is 49.7 Å². The standard InChI is InChI=1S/C32H44N6O7S2/c1-21(2)17-37(47(43,44)29-12-11-26(45-29)16-33-42)19-28(39)27(15-24-9-7-6-8-10-24)35-31(40)30(22(3)4)38-14-13-36(32(38)41)18-25-20-46-23(5)34-25/h6-12,20-22,27-28,30,39H,13-19H2,1-5H3,(H,35,40)/t27-,28+,30-/m0/s1. The third-order valence-electron chi connectivity index (χ3n) is 7.88. The van der Waals surface area contributed by atoms with Crippen molar-refractivity contribution in [2.75, 3.05) is 26.2 Å². The second-order valence-corrected chi connectivity index (χ2v) is 15.5. The lowest BCUT2D eigenvalue weighted by atomic mass is 9.97. The largest absolute Gasteiger partial charge is 0.446 e. The lowest BCUT2D eigenvalue weighted by molar-refractivity contribution is -0.128. The van der Waals surface area contributed by atoms with Crippen molar-refractivity contribution in [3.05, 3.63) is 74.8 Å². The number of amides is 3. The number of nitrogens with zero attached hydrogens (tertiary/aromatic N) is 5. The first-order valence-electron chi connectivity index (χ1n) is 15.7. The minimum absolute atomic E-state index is 0.0681. The number of aliphatic hydroxyl groups excluding tert-OH is 1. The Morgan fingerprint density at radius 1 is 1.13 bits per heavy atom. The number of thiazole rings is 1. The monoisotopic (exact) mass is 688 g/mol. The summed E-state index contributed by atoms with van der Waals surface area (Å²) < 4.78 is 33.9. The number of rotatable bonds is 17. The smallest absolute Gasteiger partial charge is 0.321 e. The maximum atomic E-state index is 14.0. The fraction of sp³-hybridized carbons (Fsp3) is 0.531. The van der Waals surface area contributed by atoms with Crippen LogP contribution in [0.4, 0.5) is 4.79 Å². The highest BCUT2D eigenvalue weighted by Crippen LogP contribution is 2.24. The van der Waals surface area contributed by atoms with Gasteiger partial charge in [0.05, 0.1) is 29.4 Å². The number of hydrogen-bond donors (Lipinski definition) is 2. The molecule has 0 unspecified atom stereocenters. The number of nitroso groups, excluding NO2 is 1. The number of urea groups is 1. The van der Waals surface area contributed by atoms with Gasteiger partial charge in [-0.1, -0.05) is 63.2 Å². The fourth-order valence-electron chi connectivity index (χ4n) is 5.69. The van der Waals surface area contributed by atoms with Gasteiger partial charge in [-0.15, -0.1) is 11.3 Å². The highest BCUT2D eigenvalue weighted by Gasteiger charge is 2.41. The first-order valence-corrected chi connectivity index (χ1v) is 18.0. The molecular formula is C32H44N6O7S2. The summed E-state index contributed by atoms with van der Waals surface area (Å²) in [5, 5.41) is 19.8. The van der Waals surface area contributed by atoms with Crippen molar-refractivity contribution in [1.29, 1.82) is 0 Å². The summed E-state index contributed by atoms with van der Waals surface area (Å²) in [7, 11) is -4.22. The number of aryl methyl sites for hydroxylation is 1. The molecule has 0 spiro atoms. The molecule has 13 nitrogen and oxygen atoms in total. The van der Waals surface area contributed by atoms with E-state index in [2.05, 4.69) is 15.5 Å². The second-order valence-electron chi connectivity index (χ2n) is 12.5. The number of aromatic nitrogens is 1. The zero-order valence-electron chi connectivity index (χ0n) is 27.4. The molecule has 1 aliphatic heterocycles. The maximum Gasteiger partial charge on any atom is 0.321 e.